The van der Waals surface area contributed by atoms with Gasteiger partial charge in [0.1, 0.15) is 5.82 Å². The van der Waals surface area contributed by atoms with E-state index in [4.69, 9.17) is 10.5 Å². The van der Waals surface area contributed by atoms with Crippen LogP contribution in [-0.4, -0.2) is 24.7 Å². The zero-order chi connectivity index (χ0) is 13.2. The molecule has 1 aromatic rings. The van der Waals surface area contributed by atoms with E-state index in [1.165, 1.54) is 25.7 Å². The van der Waals surface area contributed by atoms with Gasteiger partial charge in [-0.3, -0.25) is 0 Å². The SMILES string of the molecule is CCC1CCN(c2ccc(N)c(OCC3CC3)n2)C1. The molecule has 0 aromatic carbocycles. The summed E-state index contributed by atoms with van der Waals surface area (Å²) in [5, 5.41) is 0. The average Bonchev–Trinajstić information content (AvgIpc) is 3.13. The first kappa shape index (κ1) is 12.6. The molecule has 1 aliphatic heterocycles. The summed E-state index contributed by atoms with van der Waals surface area (Å²) in [5.74, 6) is 3.15. The molecule has 0 radical (unpaired) electrons. The third-order valence-corrected chi connectivity index (χ3v) is 4.21. The number of ether oxygens (including phenoxy) is 1. The van der Waals surface area contributed by atoms with Crippen molar-refractivity contribution in [1.82, 2.24) is 4.98 Å². The molecule has 0 bridgehead atoms. The highest BCUT2D eigenvalue weighted by Crippen LogP contribution is 2.32. The van der Waals surface area contributed by atoms with Gasteiger partial charge in [0.05, 0.1) is 12.3 Å². The van der Waals surface area contributed by atoms with Crippen LogP contribution in [0, 0.1) is 11.8 Å². The molecule has 4 nitrogen and oxygen atoms in total. The first-order valence-corrected chi connectivity index (χ1v) is 7.40. The normalized spacial score (nSPS) is 22.8. The summed E-state index contributed by atoms with van der Waals surface area (Å²) < 4.78 is 5.75. The molecule has 2 aliphatic rings. The van der Waals surface area contributed by atoms with Gasteiger partial charge in [-0.1, -0.05) is 13.3 Å². The van der Waals surface area contributed by atoms with Crippen LogP contribution in [0.1, 0.15) is 32.6 Å². The third kappa shape index (κ3) is 2.94. The fourth-order valence-electron chi connectivity index (χ4n) is 2.59. The number of nitrogens with zero attached hydrogens (tertiary/aromatic N) is 2. The number of pyridine rings is 1. The van der Waals surface area contributed by atoms with Crippen molar-refractivity contribution in [3.8, 4) is 5.88 Å². The number of rotatable bonds is 5. The summed E-state index contributed by atoms with van der Waals surface area (Å²) in [5.41, 5.74) is 6.59. The quantitative estimate of drug-likeness (QED) is 0.885. The molecule has 19 heavy (non-hydrogen) atoms. The molecular formula is C15H23N3O. The Hall–Kier alpha value is -1.45. The first-order valence-electron chi connectivity index (χ1n) is 7.40. The summed E-state index contributed by atoms with van der Waals surface area (Å²) >= 11 is 0. The van der Waals surface area contributed by atoms with Crippen LogP contribution < -0.4 is 15.4 Å². The molecule has 1 aliphatic carbocycles. The third-order valence-electron chi connectivity index (χ3n) is 4.21. The maximum atomic E-state index is 5.94. The van der Waals surface area contributed by atoms with E-state index in [0.29, 0.717) is 11.6 Å². The molecule has 1 aromatic heterocycles. The van der Waals surface area contributed by atoms with E-state index < -0.39 is 0 Å². The molecule has 2 N–H and O–H groups in total. The van der Waals surface area contributed by atoms with Crippen molar-refractivity contribution in [3.05, 3.63) is 12.1 Å². The molecule has 1 saturated heterocycles. The van der Waals surface area contributed by atoms with Crippen LogP contribution in [0.15, 0.2) is 12.1 Å². The maximum absolute atomic E-state index is 5.94. The van der Waals surface area contributed by atoms with Crippen LogP contribution >= 0.6 is 0 Å². The molecule has 0 amide bonds. The highest BCUT2D eigenvalue weighted by molar-refractivity contribution is 5.55. The van der Waals surface area contributed by atoms with Crippen LogP contribution in [0.25, 0.3) is 0 Å². The molecule has 104 valence electrons. The minimum absolute atomic E-state index is 0.615. The van der Waals surface area contributed by atoms with Gasteiger partial charge in [0.15, 0.2) is 0 Å². The number of anilines is 2. The van der Waals surface area contributed by atoms with Gasteiger partial charge in [-0.15, -0.1) is 0 Å². The second-order valence-electron chi connectivity index (χ2n) is 5.83. The standard InChI is InChI=1S/C15H23N3O/c1-2-11-7-8-18(9-11)14-6-5-13(16)15(17-14)19-10-12-3-4-12/h5-6,11-12H,2-4,7-10,16H2,1H3. The van der Waals surface area contributed by atoms with E-state index in [1.54, 1.807) is 0 Å². The molecule has 1 unspecified atom stereocenters. The van der Waals surface area contributed by atoms with Gasteiger partial charge in [-0.2, -0.15) is 4.98 Å². The van der Waals surface area contributed by atoms with E-state index in [2.05, 4.69) is 16.8 Å². The molecule has 3 rings (SSSR count). The summed E-state index contributed by atoms with van der Waals surface area (Å²) in [6.07, 6.45) is 5.07. The largest absolute Gasteiger partial charge is 0.476 e. The summed E-state index contributed by atoms with van der Waals surface area (Å²) in [6, 6.07) is 3.93. The van der Waals surface area contributed by atoms with Crippen molar-refractivity contribution in [2.24, 2.45) is 11.8 Å². The highest BCUT2D eigenvalue weighted by Gasteiger charge is 2.24. The smallest absolute Gasteiger partial charge is 0.239 e. The zero-order valence-corrected chi connectivity index (χ0v) is 11.6. The summed E-state index contributed by atoms with van der Waals surface area (Å²) in [6.45, 7) is 5.22. The fourth-order valence-corrected chi connectivity index (χ4v) is 2.59. The molecule has 2 fully saturated rings. The van der Waals surface area contributed by atoms with Gasteiger partial charge in [0, 0.05) is 13.1 Å². The Morgan fingerprint density at radius 3 is 2.84 bits per heavy atom. The van der Waals surface area contributed by atoms with Gasteiger partial charge in [0.25, 0.3) is 0 Å². The van der Waals surface area contributed by atoms with Gasteiger partial charge in [-0.25, -0.2) is 0 Å². The van der Waals surface area contributed by atoms with E-state index in [0.717, 1.165) is 37.4 Å². The van der Waals surface area contributed by atoms with E-state index >= 15 is 0 Å². The van der Waals surface area contributed by atoms with Crippen molar-refractivity contribution >= 4 is 11.5 Å². The second-order valence-corrected chi connectivity index (χ2v) is 5.83. The molecule has 1 saturated carbocycles. The lowest BCUT2D eigenvalue weighted by atomic mass is 10.1. The minimum Gasteiger partial charge on any atom is -0.476 e. The lowest BCUT2D eigenvalue weighted by Gasteiger charge is -2.18. The van der Waals surface area contributed by atoms with Crippen molar-refractivity contribution in [2.75, 3.05) is 30.3 Å². The molecular weight excluding hydrogens is 238 g/mol. The first-order chi connectivity index (χ1) is 9.26. The van der Waals surface area contributed by atoms with E-state index in [9.17, 15) is 0 Å². The predicted molar refractivity (Wildman–Crippen MR) is 77.5 cm³/mol. The van der Waals surface area contributed by atoms with Crippen molar-refractivity contribution in [1.29, 1.82) is 0 Å². The summed E-state index contributed by atoms with van der Waals surface area (Å²) in [7, 11) is 0. The van der Waals surface area contributed by atoms with Gasteiger partial charge < -0.3 is 15.4 Å². The Balaban J connectivity index is 1.69. The van der Waals surface area contributed by atoms with Crippen LogP contribution in [0.2, 0.25) is 0 Å². The molecule has 4 heteroatoms. The molecule has 2 heterocycles. The monoisotopic (exact) mass is 261 g/mol. The topological polar surface area (TPSA) is 51.4 Å². The summed E-state index contributed by atoms with van der Waals surface area (Å²) in [4.78, 5) is 6.95. The number of aromatic nitrogens is 1. The lowest BCUT2D eigenvalue weighted by Crippen LogP contribution is -2.21. The second kappa shape index (κ2) is 5.27. The van der Waals surface area contributed by atoms with E-state index in [-0.39, 0.29) is 0 Å². The molecule has 1 atom stereocenters. The fraction of sp³-hybridized carbons (Fsp3) is 0.667. The zero-order valence-electron chi connectivity index (χ0n) is 11.6. The Kier molecular flexibility index (Phi) is 3.49. The number of hydrogen-bond donors (Lipinski definition) is 1. The highest BCUT2D eigenvalue weighted by atomic mass is 16.5. The van der Waals surface area contributed by atoms with Gasteiger partial charge >= 0.3 is 0 Å². The molecule has 0 spiro atoms. The number of nitrogen functional groups attached to an aromatic ring is 1. The van der Waals surface area contributed by atoms with Crippen LogP contribution in [0.5, 0.6) is 5.88 Å². The van der Waals surface area contributed by atoms with Crippen molar-refractivity contribution in [2.45, 2.75) is 32.6 Å². The lowest BCUT2D eigenvalue weighted by molar-refractivity contribution is 0.290. The number of hydrogen-bond acceptors (Lipinski definition) is 4. The Morgan fingerprint density at radius 2 is 2.16 bits per heavy atom. The van der Waals surface area contributed by atoms with Gasteiger partial charge in [0.2, 0.25) is 5.88 Å². The van der Waals surface area contributed by atoms with Gasteiger partial charge in [-0.05, 0) is 43.2 Å². The Labute approximate surface area is 115 Å². The number of nitrogens with two attached hydrogens (primary N) is 1. The van der Waals surface area contributed by atoms with E-state index in [1.807, 2.05) is 12.1 Å². The minimum atomic E-state index is 0.615. The van der Waals surface area contributed by atoms with Crippen molar-refractivity contribution < 1.29 is 4.74 Å². The van der Waals surface area contributed by atoms with Crippen LogP contribution in [0.4, 0.5) is 11.5 Å². The van der Waals surface area contributed by atoms with Crippen molar-refractivity contribution in [3.63, 3.8) is 0 Å². The predicted octanol–water partition coefficient (Wildman–Crippen LogP) is 2.69. The Morgan fingerprint density at radius 1 is 1.32 bits per heavy atom. The maximum Gasteiger partial charge on any atom is 0.239 e. The Bertz CT molecular complexity index is 445. The van der Waals surface area contributed by atoms with Crippen LogP contribution in [-0.2, 0) is 0 Å². The average molecular weight is 261 g/mol. The van der Waals surface area contributed by atoms with Crippen LogP contribution in [0.3, 0.4) is 0 Å².